The van der Waals surface area contributed by atoms with Crippen molar-refractivity contribution in [2.75, 3.05) is 33.6 Å². The predicted octanol–water partition coefficient (Wildman–Crippen LogP) is 1.48. The summed E-state index contributed by atoms with van der Waals surface area (Å²) in [6.45, 7) is 2.10. The molecule has 13 heavy (non-hydrogen) atoms. The second-order valence-corrected chi connectivity index (χ2v) is 5.61. The van der Waals surface area contributed by atoms with Crippen LogP contribution in [0.2, 0.25) is 0 Å². The van der Waals surface area contributed by atoms with Crippen molar-refractivity contribution in [3.05, 3.63) is 0 Å². The fourth-order valence-electron chi connectivity index (χ4n) is 1.54. The van der Waals surface area contributed by atoms with Crippen LogP contribution >= 0.6 is 7.94 Å². The van der Waals surface area contributed by atoms with E-state index in [0.29, 0.717) is 6.29 Å². The maximum atomic E-state index is 9.81. The van der Waals surface area contributed by atoms with Crippen LogP contribution in [0.15, 0.2) is 0 Å². The van der Waals surface area contributed by atoms with Crippen LogP contribution in [0.3, 0.4) is 0 Å². The normalized spacial score (nSPS) is 20.5. The summed E-state index contributed by atoms with van der Waals surface area (Å²) in [5, 5.41) is 0. The van der Waals surface area contributed by atoms with Crippen molar-refractivity contribution < 1.29 is 13.9 Å². The molecule has 0 aliphatic carbocycles. The summed E-state index contributed by atoms with van der Waals surface area (Å²) in [5.74, 6) is 0. The Labute approximate surface area is 80.4 Å². The Kier molecular flexibility index (Phi) is 4.56. The van der Waals surface area contributed by atoms with Crippen molar-refractivity contribution in [1.82, 2.24) is 4.90 Å². The Morgan fingerprint density at radius 2 is 1.69 bits per heavy atom. The van der Waals surface area contributed by atoms with Gasteiger partial charge in [0.1, 0.15) is 0 Å². The van der Waals surface area contributed by atoms with E-state index in [2.05, 4.69) is 4.90 Å². The number of nitrogens with zero attached hydrogens (tertiary/aromatic N) is 1. The molecule has 1 aliphatic rings. The molecule has 1 aliphatic heterocycles. The topological polar surface area (TPSA) is 41.9 Å². The minimum atomic E-state index is -2.57. The minimum absolute atomic E-state index is 0.542. The molecule has 5 heteroatoms. The number of rotatable bonds is 4. The Morgan fingerprint density at radius 3 is 2.15 bits per heavy atom. The van der Waals surface area contributed by atoms with Crippen molar-refractivity contribution in [2.24, 2.45) is 0 Å². The monoisotopic (exact) mass is 208 g/mol. The molecule has 1 heterocycles. The molecule has 1 fully saturated rings. The van der Waals surface area contributed by atoms with Crippen LogP contribution in [0.1, 0.15) is 19.3 Å². The van der Waals surface area contributed by atoms with E-state index in [1.807, 2.05) is 0 Å². The average molecular weight is 208 g/mol. The van der Waals surface area contributed by atoms with Crippen LogP contribution in [-0.4, -0.2) is 43.4 Å². The largest absolute Gasteiger partial charge is 0.423 e. The zero-order chi connectivity index (χ0) is 9.73. The summed E-state index contributed by atoms with van der Waals surface area (Å²) < 4.78 is 9.98. The van der Waals surface area contributed by atoms with Gasteiger partial charge in [-0.3, -0.25) is 4.90 Å². The van der Waals surface area contributed by atoms with Crippen LogP contribution in [-0.2, 0) is 9.05 Å². The highest BCUT2D eigenvalue weighted by atomic mass is 31.2. The molecule has 0 spiro atoms. The highest BCUT2D eigenvalue weighted by molar-refractivity contribution is 7.60. The second-order valence-electron chi connectivity index (χ2n) is 3.32. The summed E-state index contributed by atoms with van der Waals surface area (Å²) in [6.07, 6.45) is 4.27. The SMILES string of the molecule is CO[P+](O)(CN1CCCCC1)OC. The van der Waals surface area contributed by atoms with Crippen LogP contribution in [0.4, 0.5) is 0 Å². The van der Waals surface area contributed by atoms with Gasteiger partial charge in [0.15, 0.2) is 6.29 Å². The second kappa shape index (κ2) is 5.23. The lowest BCUT2D eigenvalue weighted by Crippen LogP contribution is -2.32. The number of piperidine rings is 1. The van der Waals surface area contributed by atoms with E-state index in [-0.39, 0.29) is 0 Å². The highest BCUT2D eigenvalue weighted by Gasteiger charge is 2.40. The van der Waals surface area contributed by atoms with Crippen LogP contribution in [0, 0.1) is 0 Å². The molecule has 0 saturated carbocycles. The van der Waals surface area contributed by atoms with Gasteiger partial charge in [-0.1, -0.05) is 6.42 Å². The molecule has 0 aromatic carbocycles. The Balaban J connectivity index is 2.35. The van der Waals surface area contributed by atoms with E-state index >= 15 is 0 Å². The zero-order valence-electron chi connectivity index (χ0n) is 8.40. The summed E-state index contributed by atoms with van der Waals surface area (Å²) in [5.41, 5.74) is 0. The molecule has 1 saturated heterocycles. The number of hydrogen-bond acceptors (Lipinski definition) is 4. The lowest BCUT2D eigenvalue weighted by molar-refractivity contribution is 0.191. The van der Waals surface area contributed by atoms with Gasteiger partial charge in [0.05, 0.1) is 14.2 Å². The molecule has 0 atom stereocenters. The van der Waals surface area contributed by atoms with Crippen LogP contribution in [0.25, 0.3) is 0 Å². The molecule has 0 aromatic rings. The van der Waals surface area contributed by atoms with Gasteiger partial charge in [-0.05, 0) is 12.8 Å². The van der Waals surface area contributed by atoms with E-state index < -0.39 is 7.94 Å². The minimum Gasteiger partial charge on any atom is -0.265 e. The maximum Gasteiger partial charge on any atom is 0.423 e. The first-order valence-electron chi connectivity index (χ1n) is 4.65. The highest BCUT2D eigenvalue weighted by Crippen LogP contribution is 2.55. The predicted molar refractivity (Wildman–Crippen MR) is 53.4 cm³/mol. The molecule has 0 bridgehead atoms. The molecule has 0 amide bonds. The number of hydrogen-bond donors (Lipinski definition) is 1. The quantitative estimate of drug-likeness (QED) is 0.710. The summed E-state index contributed by atoms with van der Waals surface area (Å²) >= 11 is 0. The van der Waals surface area contributed by atoms with E-state index in [4.69, 9.17) is 9.05 Å². The average Bonchev–Trinajstić information content (AvgIpc) is 2.19. The first-order valence-corrected chi connectivity index (χ1v) is 6.41. The van der Waals surface area contributed by atoms with Crippen molar-refractivity contribution in [3.8, 4) is 0 Å². The lowest BCUT2D eigenvalue weighted by atomic mass is 10.1. The van der Waals surface area contributed by atoms with Gasteiger partial charge in [0.2, 0.25) is 0 Å². The smallest absolute Gasteiger partial charge is 0.265 e. The molecule has 4 nitrogen and oxygen atoms in total. The van der Waals surface area contributed by atoms with Crippen molar-refractivity contribution in [3.63, 3.8) is 0 Å². The number of likely N-dealkylation sites (tertiary alicyclic amines) is 1. The molecular formula is C8H19NO3P+. The maximum absolute atomic E-state index is 9.81. The van der Waals surface area contributed by atoms with Gasteiger partial charge in [-0.15, -0.1) is 0 Å². The third kappa shape index (κ3) is 3.49. The molecule has 1 N–H and O–H groups in total. The molecule has 78 valence electrons. The van der Waals surface area contributed by atoms with Gasteiger partial charge in [0, 0.05) is 13.1 Å². The lowest BCUT2D eigenvalue weighted by Gasteiger charge is -2.27. The van der Waals surface area contributed by atoms with Crippen molar-refractivity contribution in [1.29, 1.82) is 0 Å². The Morgan fingerprint density at radius 1 is 1.15 bits per heavy atom. The summed E-state index contributed by atoms with van der Waals surface area (Å²) in [6, 6.07) is 0. The first-order chi connectivity index (χ1) is 6.20. The van der Waals surface area contributed by atoms with Crippen molar-refractivity contribution in [2.45, 2.75) is 19.3 Å². The molecule has 0 unspecified atom stereocenters. The van der Waals surface area contributed by atoms with Gasteiger partial charge in [-0.25, -0.2) is 0 Å². The third-order valence-electron chi connectivity index (χ3n) is 2.40. The Hall–Kier alpha value is 0.270. The van der Waals surface area contributed by atoms with Crippen molar-refractivity contribution >= 4 is 7.94 Å². The zero-order valence-corrected chi connectivity index (χ0v) is 9.30. The van der Waals surface area contributed by atoms with Gasteiger partial charge in [-0.2, -0.15) is 13.9 Å². The summed E-state index contributed by atoms with van der Waals surface area (Å²) in [7, 11) is 0.429. The molecule has 0 aromatic heterocycles. The van der Waals surface area contributed by atoms with E-state index in [1.165, 1.54) is 33.5 Å². The molecule has 1 rings (SSSR count). The van der Waals surface area contributed by atoms with Gasteiger partial charge in [0.25, 0.3) is 0 Å². The summed E-state index contributed by atoms with van der Waals surface area (Å²) in [4.78, 5) is 12.0. The Bertz CT molecular complexity index is 146. The third-order valence-corrected chi connectivity index (χ3v) is 4.30. The van der Waals surface area contributed by atoms with Crippen LogP contribution in [0.5, 0.6) is 0 Å². The fourth-order valence-corrected chi connectivity index (χ4v) is 2.71. The molecule has 0 radical (unpaired) electrons. The van der Waals surface area contributed by atoms with Gasteiger partial charge >= 0.3 is 7.94 Å². The van der Waals surface area contributed by atoms with E-state index in [0.717, 1.165) is 13.1 Å². The van der Waals surface area contributed by atoms with E-state index in [9.17, 15) is 4.89 Å². The molecular weight excluding hydrogens is 189 g/mol. The first kappa shape index (κ1) is 11.3. The fraction of sp³-hybridized carbons (Fsp3) is 1.00. The van der Waals surface area contributed by atoms with Crippen LogP contribution < -0.4 is 0 Å². The standard InChI is InChI=1S/C8H19NO3P/c1-11-13(10,12-2)8-9-6-4-3-5-7-9/h10H,3-8H2,1-2H3/q+1. The van der Waals surface area contributed by atoms with Gasteiger partial charge < -0.3 is 0 Å². The van der Waals surface area contributed by atoms with E-state index in [1.54, 1.807) is 0 Å².